The highest BCUT2D eigenvalue weighted by atomic mass is 35.5. The lowest BCUT2D eigenvalue weighted by Crippen LogP contribution is -2.28. The molecule has 2 aromatic carbocycles. The molecule has 1 aromatic heterocycles. The standard InChI is InChI=1S/C21H20ClN3O3/c1-27-18-7-9-19(10-8-18)28-13-12-23-21(26)20-11-6-17(14-24-20)25-16-4-2-15(22)3-5-16/h2-11,14,25H,12-13H2,1H3,(H,23,26). The molecule has 3 aromatic rings. The third-order valence-corrected chi connectivity index (χ3v) is 4.10. The Morgan fingerprint density at radius 3 is 2.29 bits per heavy atom. The van der Waals surface area contributed by atoms with Gasteiger partial charge in [0.2, 0.25) is 0 Å². The first-order valence-electron chi connectivity index (χ1n) is 8.68. The summed E-state index contributed by atoms with van der Waals surface area (Å²) in [4.78, 5) is 16.4. The van der Waals surface area contributed by atoms with Crippen LogP contribution in [0.5, 0.6) is 11.5 Å². The molecule has 0 spiro atoms. The number of pyridine rings is 1. The van der Waals surface area contributed by atoms with Crippen LogP contribution < -0.4 is 20.1 Å². The molecule has 0 aliphatic rings. The smallest absolute Gasteiger partial charge is 0.269 e. The van der Waals surface area contributed by atoms with E-state index in [1.165, 1.54) is 0 Å². The number of benzene rings is 2. The lowest BCUT2D eigenvalue weighted by molar-refractivity contribution is 0.0942. The zero-order valence-electron chi connectivity index (χ0n) is 15.3. The zero-order valence-corrected chi connectivity index (χ0v) is 16.1. The molecule has 1 heterocycles. The Labute approximate surface area is 168 Å². The van der Waals surface area contributed by atoms with Crippen molar-refractivity contribution >= 4 is 28.9 Å². The Kier molecular flexibility index (Phi) is 6.70. The largest absolute Gasteiger partial charge is 0.497 e. The number of amides is 1. The van der Waals surface area contributed by atoms with Crippen molar-refractivity contribution in [1.29, 1.82) is 0 Å². The van der Waals surface area contributed by atoms with Crippen molar-refractivity contribution in [1.82, 2.24) is 10.3 Å². The monoisotopic (exact) mass is 397 g/mol. The molecule has 7 heteroatoms. The van der Waals surface area contributed by atoms with E-state index < -0.39 is 0 Å². The maximum atomic E-state index is 12.2. The lowest BCUT2D eigenvalue weighted by Gasteiger charge is -2.09. The van der Waals surface area contributed by atoms with Gasteiger partial charge in [0.15, 0.2) is 0 Å². The van der Waals surface area contributed by atoms with Gasteiger partial charge >= 0.3 is 0 Å². The van der Waals surface area contributed by atoms with E-state index in [0.717, 1.165) is 17.1 Å². The summed E-state index contributed by atoms with van der Waals surface area (Å²) in [5.74, 6) is 1.22. The van der Waals surface area contributed by atoms with Crippen LogP contribution in [0.25, 0.3) is 0 Å². The predicted molar refractivity (Wildman–Crippen MR) is 110 cm³/mol. The summed E-state index contributed by atoms with van der Waals surface area (Å²) in [6, 6.07) is 18.1. The highest BCUT2D eigenvalue weighted by Gasteiger charge is 2.07. The average Bonchev–Trinajstić information content (AvgIpc) is 2.73. The van der Waals surface area contributed by atoms with Crippen molar-refractivity contribution in [2.45, 2.75) is 0 Å². The molecule has 1 amide bonds. The third-order valence-electron chi connectivity index (χ3n) is 3.84. The van der Waals surface area contributed by atoms with Crippen molar-refractivity contribution in [2.24, 2.45) is 0 Å². The first-order valence-corrected chi connectivity index (χ1v) is 9.05. The number of ether oxygens (including phenoxy) is 2. The third kappa shape index (κ3) is 5.62. The predicted octanol–water partition coefficient (Wildman–Crippen LogP) is 4.30. The molecule has 0 saturated heterocycles. The lowest BCUT2D eigenvalue weighted by atomic mass is 10.3. The molecule has 0 bridgehead atoms. The number of anilines is 2. The van der Waals surface area contributed by atoms with E-state index in [1.54, 1.807) is 37.6 Å². The zero-order chi connectivity index (χ0) is 19.8. The minimum Gasteiger partial charge on any atom is -0.497 e. The van der Waals surface area contributed by atoms with Gasteiger partial charge in [-0.3, -0.25) is 4.79 Å². The molecule has 3 rings (SSSR count). The van der Waals surface area contributed by atoms with E-state index in [0.29, 0.717) is 29.6 Å². The number of nitrogens with zero attached hydrogens (tertiary/aromatic N) is 1. The fourth-order valence-corrected chi connectivity index (χ4v) is 2.52. The van der Waals surface area contributed by atoms with Crippen molar-refractivity contribution < 1.29 is 14.3 Å². The number of nitrogens with one attached hydrogen (secondary N) is 2. The van der Waals surface area contributed by atoms with Gasteiger partial charge in [0.1, 0.15) is 23.8 Å². The molecule has 28 heavy (non-hydrogen) atoms. The molecule has 6 nitrogen and oxygen atoms in total. The van der Waals surface area contributed by atoms with Crippen LogP contribution in [-0.4, -0.2) is 31.2 Å². The van der Waals surface area contributed by atoms with Crippen LogP contribution in [0.15, 0.2) is 66.9 Å². The van der Waals surface area contributed by atoms with Gasteiger partial charge in [-0.15, -0.1) is 0 Å². The molecule has 0 aliphatic carbocycles. The molecule has 0 radical (unpaired) electrons. The van der Waals surface area contributed by atoms with Crippen LogP contribution in [0.2, 0.25) is 5.02 Å². The van der Waals surface area contributed by atoms with Crippen molar-refractivity contribution in [3.63, 3.8) is 0 Å². The van der Waals surface area contributed by atoms with Crippen LogP contribution in [0.1, 0.15) is 10.5 Å². The Morgan fingerprint density at radius 1 is 0.964 bits per heavy atom. The fourth-order valence-electron chi connectivity index (χ4n) is 2.40. The SMILES string of the molecule is COc1ccc(OCCNC(=O)c2ccc(Nc3ccc(Cl)cc3)cn2)cc1. The number of halogens is 1. The van der Waals surface area contributed by atoms with Gasteiger partial charge in [0.05, 0.1) is 25.5 Å². The molecular formula is C21H20ClN3O3. The minimum atomic E-state index is -0.253. The summed E-state index contributed by atoms with van der Waals surface area (Å²) in [5.41, 5.74) is 2.01. The van der Waals surface area contributed by atoms with Crippen molar-refractivity contribution in [3.05, 3.63) is 77.6 Å². The number of methoxy groups -OCH3 is 1. The minimum absolute atomic E-state index is 0.253. The van der Waals surface area contributed by atoms with Gasteiger partial charge in [0.25, 0.3) is 5.91 Å². The second-order valence-corrected chi connectivity index (χ2v) is 6.28. The number of rotatable bonds is 8. The van der Waals surface area contributed by atoms with Crippen LogP contribution in [0.3, 0.4) is 0 Å². The topological polar surface area (TPSA) is 72.5 Å². The molecule has 0 atom stereocenters. The van der Waals surface area contributed by atoms with Gasteiger partial charge in [0, 0.05) is 10.7 Å². The molecule has 2 N–H and O–H groups in total. The summed E-state index contributed by atoms with van der Waals surface area (Å²) >= 11 is 5.87. The molecule has 144 valence electrons. The Bertz CT molecular complexity index is 898. The highest BCUT2D eigenvalue weighted by Crippen LogP contribution is 2.19. The van der Waals surface area contributed by atoms with Gasteiger partial charge in [-0.1, -0.05) is 11.6 Å². The number of hydrogen-bond acceptors (Lipinski definition) is 5. The van der Waals surface area contributed by atoms with E-state index >= 15 is 0 Å². The van der Waals surface area contributed by atoms with E-state index in [9.17, 15) is 4.79 Å². The summed E-state index contributed by atoms with van der Waals surface area (Å²) < 4.78 is 10.7. The Hall–Kier alpha value is -3.25. The Balaban J connectivity index is 1.44. The Morgan fingerprint density at radius 2 is 1.64 bits per heavy atom. The second kappa shape index (κ2) is 9.62. The summed E-state index contributed by atoms with van der Waals surface area (Å²) in [6.07, 6.45) is 1.61. The first kappa shape index (κ1) is 19.5. The number of aromatic nitrogens is 1. The molecule has 0 unspecified atom stereocenters. The molecule has 0 saturated carbocycles. The van der Waals surface area contributed by atoms with Gasteiger partial charge in [-0.2, -0.15) is 0 Å². The normalized spacial score (nSPS) is 10.2. The number of carbonyl (C=O) groups is 1. The highest BCUT2D eigenvalue weighted by molar-refractivity contribution is 6.30. The average molecular weight is 398 g/mol. The van der Waals surface area contributed by atoms with E-state index in [-0.39, 0.29) is 5.91 Å². The van der Waals surface area contributed by atoms with Gasteiger partial charge < -0.3 is 20.1 Å². The molecule has 0 fully saturated rings. The number of carbonyl (C=O) groups excluding carboxylic acids is 1. The fraction of sp³-hybridized carbons (Fsp3) is 0.143. The van der Waals surface area contributed by atoms with Crippen LogP contribution in [0, 0.1) is 0 Å². The van der Waals surface area contributed by atoms with Crippen LogP contribution in [-0.2, 0) is 0 Å². The summed E-state index contributed by atoms with van der Waals surface area (Å²) in [7, 11) is 1.61. The molecular weight excluding hydrogens is 378 g/mol. The maximum Gasteiger partial charge on any atom is 0.269 e. The van der Waals surface area contributed by atoms with Crippen LogP contribution >= 0.6 is 11.6 Å². The van der Waals surface area contributed by atoms with E-state index in [1.807, 2.05) is 36.4 Å². The van der Waals surface area contributed by atoms with Crippen molar-refractivity contribution in [3.8, 4) is 11.5 Å². The number of hydrogen-bond donors (Lipinski definition) is 2. The van der Waals surface area contributed by atoms with Crippen LogP contribution in [0.4, 0.5) is 11.4 Å². The summed E-state index contributed by atoms with van der Waals surface area (Å²) in [5, 5.41) is 6.65. The van der Waals surface area contributed by atoms with Gasteiger partial charge in [-0.05, 0) is 60.7 Å². The second-order valence-electron chi connectivity index (χ2n) is 5.84. The van der Waals surface area contributed by atoms with E-state index in [4.69, 9.17) is 21.1 Å². The maximum absolute atomic E-state index is 12.2. The van der Waals surface area contributed by atoms with Crippen molar-refractivity contribution in [2.75, 3.05) is 25.6 Å². The van der Waals surface area contributed by atoms with E-state index in [2.05, 4.69) is 15.6 Å². The molecule has 0 aliphatic heterocycles. The quantitative estimate of drug-likeness (QED) is 0.554. The first-order chi connectivity index (χ1) is 13.6. The van der Waals surface area contributed by atoms with Gasteiger partial charge in [-0.25, -0.2) is 4.98 Å². The summed E-state index contributed by atoms with van der Waals surface area (Å²) in [6.45, 7) is 0.728.